The van der Waals surface area contributed by atoms with Crippen molar-refractivity contribution in [1.82, 2.24) is 19.7 Å². The number of nitriles is 1. The van der Waals surface area contributed by atoms with E-state index in [9.17, 15) is 9.18 Å². The Morgan fingerprint density at radius 1 is 1.31 bits per heavy atom. The summed E-state index contributed by atoms with van der Waals surface area (Å²) in [7, 11) is 0. The molecule has 0 atom stereocenters. The summed E-state index contributed by atoms with van der Waals surface area (Å²) in [5.41, 5.74) is 2.20. The third-order valence-corrected chi connectivity index (χ3v) is 5.16. The highest BCUT2D eigenvalue weighted by Crippen LogP contribution is 2.33. The normalized spacial score (nSPS) is 17.2. The van der Waals surface area contributed by atoms with E-state index in [1.807, 2.05) is 17.0 Å². The lowest BCUT2D eigenvalue weighted by Crippen LogP contribution is -2.47. The molecule has 4 rings (SSSR count). The molecule has 0 aliphatic carbocycles. The Morgan fingerprint density at radius 2 is 2.12 bits per heavy atom. The number of likely N-dealkylation sites (tertiary alicyclic amines) is 1. The predicted octanol–water partition coefficient (Wildman–Crippen LogP) is 1.34. The zero-order valence-electron chi connectivity index (χ0n) is 14.3. The smallest absolute Gasteiger partial charge is 0.252 e. The number of rotatable bonds is 3. The fourth-order valence-electron chi connectivity index (χ4n) is 3.86. The summed E-state index contributed by atoms with van der Waals surface area (Å²) < 4.78 is 14.8. The Bertz CT molecular complexity index is 865. The number of hydrogen-bond acceptors (Lipinski definition) is 5. The summed E-state index contributed by atoms with van der Waals surface area (Å²) in [6, 6.07) is 7.24. The molecule has 1 fully saturated rings. The van der Waals surface area contributed by atoms with Crippen LogP contribution in [0.2, 0.25) is 0 Å². The molecule has 2 aliphatic rings. The van der Waals surface area contributed by atoms with Crippen LogP contribution in [-0.2, 0) is 17.8 Å². The van der Waals surface area contributed by atoms with Crippen LogP contribution in [-0.4, -0.2) is 51.2 Å². The second-order valence-corrected chi connectivity index (χ2v) is 6.71. The molecule has 1 amide bonds. The maximum Gasteiger partial charge on any atom is 0.252 e. The molecule has 0 unspecified atom stereocenters. The Labute approximate surface area is 150 Å². The first kappa shape index (κ1) is 16.5. The molecule has 1 saturated heterocycles. The number of anilines is 1. The molecule has 3 heterocycles. The third kappa shape index (κ3) is 3.12. The van der Waals surface area contributed by atoms with Gasteiger partial charge in [0.15, 0.2) is 0 Å². The Hall–Kier alpha value is -2.95. The van der Waals surface area contributed by atoms with Crippen LogP contribution in [0.1, 0.15) is 24.2 Å². The average molecular weight is 354 g/mol. The predicted molar refractivity (Wildman–Crippen MR) is 91.8 cm³/mol. The van der Waals surface area contributed by atoms with Gasteiger partial charge in [-0.2, -0.15) is 5.26 Å². The average Bonchev–Trinajstić information content (AvgIpc) is 3.28. The fourth-order valence-corrected chi connectivity index (χ4v) is 3.86. The summed E-state index contributed by atoms with van der Waals surface area (Å²) >= 11 is 0. The summed E-state index contributed by atoms with van der Waals surface area (Å²) in [6.07, 6.45) is 4.07. The van der Waals surface area contributed by atoms with Gasteiger partial charge in [0.05, 0.1) is 0 Å². The summed E-state index contributed by atoms with van der Waals surface area (Å²) in [5.74, 6) is -0.124. The van der Waals surface area contributed by atoms with E-state index in [0.717, 1.165) is 37.1 Å². The van der Waals surface area contributed by atoms with Crippen molar-refractivity contribution in [2.75, 3.05) is 24.5 Å². The van der Waals surface area contributed by atoms with E-state index in [2.05, 4.69) is 15.0 Å². The van der Waals surface area contributed by atoms with Crippen molar-refractivity contribution in [2.45, 2.75) is 31.8 Å². The molecule has 0 saturated carbocycles. The molecule has 0 radical (unpaired) electrons. The maximum absolute atomic E-state index is 13.4. The van der Waals surface area contributed by atoms with E-state index in [0.29, 0.717) is 19.1 Å². The van der Waals surface area contributed by atoms with Crippen LogP contribution in [0.25, 0.3) is 0 Å². The molecule has 8 heteroatoms. The summed E-state index contributed by atoms with van der Waals surface area (Å²) in [6.45, 7) is 2.39. The Morgan fingerprint density at radius 3 is 2.85 bits per heavy atom. The molecule has 1 aromatic heterocycles. The largest absolute Gasteiger partial charge is 0.368 e. The molecule has 0 bridgehead atoms. The molecule has 0 spiro atoms. The number of amides is 1. The molecule has 2 aliphatic heterocycles. The first-order chi connectivity index (χ1) is 12.6. The van der Waals surface area contributed by atoms with E-state index in [-0.39, 0.29) is 24.1 Å². The van der Waals surface area contributed by atoms with E-state index < -0.39 is 0 Å². The Kier molecular flexibility index (Phi) is 4.29. The van der Waals surface area contributed by atoms with E-state index >= 15 is 0 Å². The van der Waals surface area contributed by atoms with Gasteiger partial charge in [-0.25, -0.2) is 14.1 Å². The number of carbonyl (C=O) groups excluding carboxylic acids is 1. The number of hydrogen-bond donors (Lipinski definition) is 0. The lowest BCUT2D eigenvalue weighted by Gasteiger charge is -2.38. The summed E-state index contributed by atoms with van der Waals surface area (Å²) in [5, 5.41) is 12.7. The molecule has 1 aromatic carbocycles. The van der Waals surface area contributed by atoms with Crippen molar-refractivity contribution in [2.24, 2.45) is 0 Å². The third-order valence-electron chi connectivity index (χ3n) is 5.16. The molecular weight excluding hydrogens is 335 g/mol. The van der Waals surface area contributed by atoms with Gasteiger partial charge in [0, 0.05) is 31.4 Å². The molecular formula is C18H19FN6O. The van der Waals surface area contributed by atoms with E-state index in [4.69, 9.17) is 5.26 Å². The highest BCUT2D eigenvalue weighted by molar-refractivity contribution is 5.76. The molecule has 26 heavy (non-hydrogen) atoms. The Balaban J connectivity index is 1.35. The minimum atomic E-state index is -0.182. The quantitative estimate of drug-likeness (QED) is 0.831. The first-order valence-electron chi connectivity index (χ1n) is 8.76. The van der Waals surface area contributed by atoms with E-state index in [1.165, 1.54) is 17.1 Å². The van der Waals surface area contributed by atoms with Crippen molar-refractivity contribution >= 4 is 11.6 Å². The SMILES string of the molecule is N#Cc1ncn(CC(=O)N2CCC(N3CCc4cc(F)ccc43)CC2)n1. The van der Waals surface area contributed by atoms with Gasteiger partial charge in [0.2, 0.25) is 5.91 Å². The van der Waals surface area contributed by atoms with Gasteiger partial charge in [-0.1, -0.05) is 0 Å². The number of piperidine rings is 1. The first-order valence-corrected chi connectivity index (χ1v) is 8.76. The van der Waals surface area contributed by atoms with Crippen molar-refractivity contribution < 1.29 is 9.18 Å². The van der Waals surface area contributed by atoms with Crippen molar-refractivity contribution in [3.63, 3.8) is 0 Å². The van der Waals surface area contributed by atoms with Gasteiger partial charge in [-0.15, -0.1) is 5.10 Å². The van der Waals surface area contributed by atoms with Crippen LogP contribution >= 0.6 is 0 Å². The maximum atomic E-state index is 13.4. The van der Waals surface area contributed by atoms with Crippen LogP contribution < -0.4 is 4.90 Å². The minimum absolute atomic E-state index is 0.0123. The van der Waals surface area contributed by atoms with Gasteiger partial charge < -0.3 is 9.80 Å². The van der Waals surface area contributed by atoms with Gasteiger partial charge in [0.25, 0.3) is 5.82 Å². The molecule has 2 aromatic rings. The number of halogens is 1. The lowest BCUT2D eigenvalue weighted by atomic mass is 10.0. The van der Waals surface area contributed by atoms with Crippen molar-refractivity contribution in [3.8, 4) is 6.07 Å². The molecule has 7 nitrogen and oxygen atoms in total. The summed E-state index contributed by atoms with van der Waals surface area (Å²) in [4.78, 5) is 20.4. The topological polar surface area (TPSA) is 78.0 Å². The monoisotopic (exact) mass is 354 g/mol. The van der Waals surface area contributed by atoms with Crippen molar-refractivity contribution in [1.29, 1.82) is 5.26 Å². The fraction of sp³-hybridized carbons (Fsp3) is 0.444. The van der Waals surface area contributed by atoms with Crippen molar-refractivity contribution in [3.05, 3.63) is 41.7 Å². The van der Waals surface area contributed by atoms with Crippen LogP contribution in [0.5, 0.6) is 0 Å². The number of fused-ring (bicyclic) bond motifs is 1. The number of carbonyl (C=O) groups is 1. The number of benzene rings is 1. The van der Waals surface area contributed by atoms with Crippen LogP contribution in [0, 0.1) is 17.1 Å². The second-order valence-electron chi connectivity index (χ2n) is 6.71. The zero-order chi connectivity index (χ0) is 18.1. The van der Waals surface area contributed by atoms with Gasteiger partial charge >= 0.3 is 0 Å². The van der Waals surface area contributed by atoms with Gasteiger partial charge in [0.1, 0.15) is 24.8 Å². The van der Waals surface area contributed by atoms with E-state index in [1.54, 1.807) is 6.07 Å². The van der Waals surface area contributed by atoms with Crippen LogP contribution in [0.15, 0.2) is 24.5 Å². The minimum Gasteiger partial charge on any atom is -0.368 e. The standard InChI is InChI=1S/C18H19FN6O/c19-14-1-2-16-13(9-14)3-8-25(16)15-4-6-23(7-5-15)18(26)11-24-12-21-17(10-20)22-24/h1-2,9,12,15H,3-8,11H2. The highest BCUT2D eigenvalue weighted by Gasteiger charge is 2.30. The molecule has 0 N–H and O–H groups in total. The second kappa shape index (κ2) is 6.75. The van der Waals surface area contributed by atoms with Crippen LogP contribution in [0.3, 0.4) is 0 Å². The van der Waals surface area contributed by atoms with Crippen LogP contribution in [0.4, 0.5) is 10.1 Å². The number of aromatic nitrogens is 3. The number of nitrogens with zero attached hydrogens (tertiary/aromatic N) is 6. The van der Waals surface area contributed by atoms with Gasteiger partial charge in [-0.3, -0.25) is 4.79 Å². The molecule has 134 valence electrons. The highest BCUT2D eigenvalue weighted by atomic mass is 19.1. The lowest BCUT2D eigenvalue weighted by molar-refractivity contribution is -0.133. The zero-order valence-corrected chi connectivity index (χ0v) is 14.3. The van der Waals surface area contributed by atoms with Gasteiger partial charge in [-0.05, 0) is 43.0 Å².